The topological polar surface area (TPSA) is 115 Å². The van der Waals surface area contributed by atoms with Crippen LogP contribution in [0.4, 0.5) is 21.8 Å². The van der Waals surface area contributed by atoms with E-state index in [1.165, 1.54) is 52.9 Å². The van der Waals surface area contributed by atoms with Gasteiger partial charge in [0.15, 0.2) is 11.6 Å². The molecule has 0 bridgehead atoms. The highest BCUT2D eigenvalue weighted by atomic mass is 19.1. The van der Waals surface area contributed by atoms with Crippen molar-refractivity contribution in [1.29, 1.82) is 0 Å². The number of fused-ring (bicyclic) bond motifs is 1. The molecule has 0 saturated carbocycles. The highest BCUT2D eigenvalue weighted by molar-refractivity contribution is 5.61. The van der Waals surface area contributed by atoms with Crippen molar-refractivity contribution >= 4 is 17.5 Å². The van der Waals surface area contributed by atoms with Crippen LogP contribution in [0.1, 0.15) is 32.1 Å². The number of nitrogens with one attached hydrogen (secondary N) is 2. The van der Waals surface area contributed by atoms with E-state index in [1.54, 1.807) is 18.2 Å². The quantitative estimate of drug-likeness (QED) is 0.522. The standard InChI is InChI=1S/C23H30FN9O2/c1-31-23(34)33(30-29-31)17-10-16(11-18(12-17)35-2)27-22-26-14-19(24)21(28-22)25-13-15-6-5-9-32-8-4-3-7-20(15)32/h10-12,14-15,20H,3-9,13H2,1-2H3,(H2,25,26,27,28). The number of nitrogens with zero attached hydrogens (tertiary/aromatic N) is 7. The van der Waals surface area contributed by atoms with Crippen LogP contribution in [0.3, 0.4) is 0 Å². The molecule has 2 unspecified atom stereocenters. The van der Waals surface area contributed by atoms with Gasteiger partial charge in [-0.25, -0.2) is 14.2 Å². The van der Waals surface area contributed by atoms with Gasteiger partial charge in [0, 0.05) is 37.5 Å². The van der Waals surface area contributed by atoms with E-state index in [0.717, 1.165) is 22.0 Å². The zero-order valence-electron chi connectivity index (χ0n) is 19.9. The minimum atomic E-state index is -0.496. The van der Waals surface area contributed by atoms with E-state index in [1.807, 2.05) is 0 Å². The summed E-state index contributed by atoms with van der Waals surface area (Å²) < 4.78 is 22.2. The molecule has 0 amide bonds. The second-order valence-corrected chi connectivity index (χ2v) is 9.11. The third-order valence-electron chi connectivity index (χ3n) is 6.85. The van der Waals surface area contributed by atoms with Crippen LogP contribution in [-0.4, -0.2) is 67.4 Å². The lowest BCUT2D eigenvalue weighted by Crippen LogP contribution is -2.49. The van der Waals surface area contributed by atoms with E-state index in [4.69, 9.17) is 4.74 Å². The molecule has 1 aromatic carbocycles. The number of anilines is 3. The first-order chi connectivity index (χ1) is 17.0. The number of methoxy groups -OCH3 is 1. The molecule has 186 valence electrons. The zero-order valence-corrected chi connectivity index (χ0v) is 19.9. The Kier molecular flexibility index (Phi) is 6.62. The Balaban J connectivity index is 1.33. The third-order valence-corrected chi connectivity index (χ3v) is 6.85. The van der Waals surface area contributed by atoms with E-state index in [9.17, 15) is 9.18 Å². The van der Waals surface area contributed by atoms with Gasteiger partial charge in [-0.05, 0) is 61.2 Å². The van der Waals surface area contributed by atoms with E-state index < -0.39 is 11.5 Å². The zero-order chi connectivity index (χ0) is 24.4. The second kappa shape index (κ2) is 9.98. The molecule has 3 aromatic rings. The summed E-state index contributed by atoms with van der Waals surface area (Å²) in [6.07, 6.45) is 7.20. The lowest BCUT2D eigenvalue weighted by molar-refractivity contribution is 0.0648. The summed E-state index contributed by atoms with van der Waals surface area (Å²) in [5, 5.41) is 13.9. The molecule has 0 radical (unpaired) electrons. The number of halogens is 1. The Morgan fingerprint density at radius 3 is 2.80 bits per heavy atom. The Bertz CT molecular complexity index is 1240. The summed E-state index contributed by atoms with van der Waals surface area (Å²) in [5.74, 6) is 0.869. The van der Waals surface area contributed by atoms with Gasteiger partial charge in [0.2, 0.25) is 5.95 Å². The summed E-state index contributed by atoms with van der Waals surface area (Å²) in [5.41, 5.74) is 0.618. The largest absolute Gasteiger partial charge is 0.497 e. The van der Waals surface area contributed by atoms with E-state index in [2.05, 4.69) is 35.9 Å². The first kappa shape index (κ1) is 23.2. The number of hydrogen-bond donors (Lipinski definition) is 2. The summed E-state index contributed by atoms with van der Waals surface area (Å²) >= 11 is 0. The summed E-state index contributed by atoms with van der Waals surface area (Å²) in [6, 6.07) is 5.65. The average Bonchev–Trinajstić information content (AvgIpc) is 3.22. The maximum atomic E-state index is 14.5. The van der Waals surface area contributed by atoms with Crippen molar-refractivity contribution in [1.82, 2.24) is 34.7 Å². The molecule has 2 atom stereocenters. The average molecular weight is 484 g/mol. The Morgan fingerprint density at radius 1 is 1.14 bits per heavy atom. The number of aryl methyl sites for hydroxylation is 1. The van der Waals surface area contributed by atoms with Crippen LogP contribution in [-0.2, 0) is 7.05 Å². The molecule has 2 fully saturated rings. The van der Waals surface area contributed by atoms with Gasteiger partial charge in [-0.2, -0.15) is 14.3 Å². The molecule has 11 nitrogen and oxygen atoms in total. The van der Waals surface area contributed by atoms with Gasteiger partial charge in [0.05, 0.1) is 19.0 Å². The van der Waals surface area contributed by atoms with Crippen molar-refractivity contribution in [3.8, 4) is 11.4 Å². The van der Waals surface area contributed by atoms with Crippen molar-refractivity contribution in [2.24, 2.45) is 13.0 Å². The summed E-state index contributed by atoms with van der Waals surface area (Å²) in [7, 11) is 3.04. The molecule has 0 aliphatic carbocycles. The number of benzene rings is 1. The van der Waals surface area contributed by atoms with Gasteiger partial charge >= 0.3 is 5.69 Å². The first-order valence-corrected chi connectivity index (χ1v) is 12.0. The second-order valence-electron chi connectivity index (χ2n) is 9.11. The van der Waals surface area contributed by atoms with Crippen LogP contribution in [0.25, 0.3) is 5.69 Å². The maximum Gasteiger partial charge on any atom is 0.368 e. The van der Waals surface area contributed by atoms with Crippen LogP contribution in [0, 0.1) is 11.7 Å². The molecule has 2 N–H and O–H groups in total. The van der Waals surface area contributed by atoms with Crippen LogP contribution >= 0.6 is 0 Å². The molecule has 2 saturated heterocycles. The fourth-order valence-corrected chi connectivity index (χ4v) is 5.09. The van der Waals surface area contributed by atoms with Gasteiger partial charge < -0.3 is 20.3 Å². The Morgan fingerprint density at radius 2 is 2.00 bits per heavy atom. The summed E-state index contributed by atoms with van der Waals surface area (Å²) in [6.45, 7) is 3.01. The van der Waals surface area contributed by atoms with Crippen LogP contribution < -0.4 is 21.1 Å². The number of ether oxygens (including phenoxy) is 1. The number of tetrazole rings is 1. The van der Waals surface area contributed by atoms with Gasteiger partial charge in [-0.15, -0.1) is 0 Å². The van der Waals surface area contributed by atoms with E-state index in [-0.39, 0.29) is 11.8 Å². The van der Waals surface area contributed by atoms with Gasteiger partial charge in [-0.3, -0.25) is 0 Å². The molecule has 0 spiro atoms. The van der Waals surface area contributed by atoms with Crippen molar-refractivity contribution in [2.75, 3.05) is 37.4 Å². The third kappa shape index (κ3) is 4.97. The van der Waals surface area contributed by atoms with Gasteiger partial charge in [0.25, 0.3) is 0 Å². The molecular formula is C23H30FN9O2. The molecule has 2 aliphatic heterocycles. The fraction of sp³-hybridized carbons (Fsp3) is 0.522. The first-order valence-electron chi connectivity index (χ1n) is 12.0. The highest BCUT2D eigenvalue weighted by Gasteiger charge is 2.32. The predicted octanol–water partition coefficient (Wildman–Crippen LogP) is 2.32. The maximum absolute atomic E-state index is 14.5. The molecule has 35 heavy (non-hydrogen) atoms. The van der Waals surface area contributed by atoms with Gasteiger partial charge in [0.1, 0.15) is 5.75 Å². The monoisotopic (exact) mass is 483 g/mol. The smallest absolute Gasteiger partial charge is 0.368 e. The number of hydrogen-bond acceptors (Lipinski definition) is 9. The Hall–Kier alpha value is -3.54. The minimum absolute atomic E-state index is 0.170. The Labute approximate surface area is 202 Å². The van der Waals surface area contributed by atoms with Crippen molar-refractivity contribution in [3.05, 3.63) is 40.7 Å². The number of rotatable bonds is 7. The molecular weight excluding hydrogens is 453 g/mol. The highest BCUT2D eigenvalue weighted by Crippen LogP contribution is 2.31. The molecule has 12 heteroatoms. The normalized spacial score (nSPS) is 20.3. The van der Waals surface area contributed by atoms with Crippen LogP contribution in [0.15, 0.2) is 29.2 Å². The molecule has 2 aliphatic rings. The minimum Gasteiger partial charge on any atom is -0.497 e. The van der Waals surface area contributed by atoms with Crippen molar-refractivity contribution < 1.29 is 9.13 Å². The van der Waals surface area contributed by atoms with Crippen LogP contribution in [0.2, 0.25) is 0 Å². The van der Waals surface area contributed by atoms with Crippen LogP contribution in [0.5, 0.6) is 5.75 Å². The lowest BCUT2D eigenvalue weighted by Gasteiger charge is -2.44. The molecule has 4 heterocycles. The predicted molar refractivity (Wildman–Crippen MR) is 129 cm³/mol. The summed E-state index contributed by atoms with van der Waals surface area (Å²) in [4.78, 5) is 23.3. The van der Waals surface area contributed by atoms with Crippen molar-refractivity contribution in [2.45, 2.75) is 38.1 Å². The molecule has 5 rings (SSSR count). The lowest BCUT2D eigenvalue weighted by atomic mass is 9.83. The number of piperidine rings is 2. The molecule has 2 aromatic heterocycles. The SMILES string of the molecule is COc1cc(Nc2ncc(F)c(NCC3CCCN4CCCCC34)n2)cc(-n2nnn(C)c2=O)c1. The fourth-order valence-electron chi connectivity index (χ4n) is 5.09. The van der Waals surface area contributed by atoms with E-state index in [0.29, 0.717) is 35.6 Å². The van der Waals surface area contributed by atoms with Gasteiger partial charge in [-0.1, -0.05) is 6.42 Å². The number of aromatic nitrogens is 6. The van der Waals surface area contributed by atoms with Crippen molar-refractivity contribution in [3.63, 3.8) is 0 Å². The van der Waals surface area contributed by atoms with E-state index >= 15 is 0 Å².